The summed E-state index contributed by atoms with van der Waals surface area (Å²) < 4.78 is 0. The fourth-order valence-electron chi connectivity index (χ4n) is 3.50. The molecule has 2 fully saturated rings. The van der Waals surface area contributed by atoms with Crippen molar-refractivity contribution in [1.82, 2.24) is 9.80 Å². The van der Waals surface area contributed by atoms with Crippen molar-refractivity contribution in [3.05, 3.63) is 0 Å². The summed E-state index contributed by atoms with van der Waals surface area (Å²) in [6.45, 7) is 3.14. The number of carboxylic acids is 1. The van der Waals surface area contributed by atoms with Gasteiger partial charge in [-0.3, -0.25) is 4.79 Å². The zero-order valence-corrected chi connectivity index (χ0v) is 12.4. The van der Waals surface area contributed by atoms with Crippen LogP contribution in [0.25, 0.3) is 0 Å². The van der Waals surface area contributed by atoms with Crippen LogP contribution in [0.5, 0.6) is 0 Å². The first-order valence-electron chi connectivity index (χ1n) is 7.51. The molecule has 21 heavy (non-hydrogen) atoms. The molecule has 2 unspecified atom stereocenters. The smallest absolute Gasteiger partial charge is 0.329 e. The van der Waals surface area contributed by atoms with Gasteiger partial charge in [-0.25, -0.2) is 9.59 Å². The summed E-state index contributed by atoms with van der Waals surface area (Å²) in [5, 5.41) is 9.61. The summed E-state index contributed by atoms with van der Waals surface area (Å²) in [4.78, 5) is 38.6. The maximum absolute atomic E-state index is 12.6. The highest BCUT2D eigenvalue weighted by Crippen LogP contribution is 2.35. The van der Waals surface area contributed by atoms with Crippen molar-refractivity contribution in [2.24, 2.45) is 11.7 Å². The van der Waals surface area contributed by atoms with Gasteiger partial charge in [0.1, 0.15) is 5.54 Å². The van der Waals surface area contributed by atoms with Crippen LogP contribution in [0.2, 0.25) is 0 Å². The van der Waals surface area contributed by atoms with E-state index in [0.717, 1.165) is 0 Å². The van der Waals surface area contributed by atoms with Crippen molar-refractivity contribution in [3.8, 4) is 0 Å². The molecule has 0 saturated carbocycles. The van der Waals surface area contributed by atoms with Crippen molar-refractivity contribution in [3.63, 3.8) is 0 Å². The predicted octanol–water partition coefficient (Wildman–Crippen LogP) is 0.633. The van der Waals surface area contributed by atoms with E-state index in [1.54, 1.807) is 4.90 Å². The average Bonchev–Trinajstić information content (AvgIpc) is 3.05. The van der Waals surface area contributed by atoms with Gasteiger partial charge in [-0.2, -0.15) is 0 Å². The molecule has 118 valence electrons. The minimum absolute atomic E-state index is 0.271. The average molecular weight is 297 g/mol. The van der Waals surface area contributed by atoms with E-state index in [1.165, 1.54) is 4.90 Å². The molecule has 3 N–H and O–H groups in total. The van der Waals surface area contributed by atoms with E-state index in [2.05, 4.69) is 0 Å². The molecule has 0 aromatic heterocycles. The molecule has 0 aromatic carbocycles. The molecule has 7 nitrogen and oxygen atoms in total. The van der Waals surface area contributed by atoms with Gasteiger partial charge in [0.25, 0.3) is 0 Å². The number of urea groups is 1. The number of carbonyl (C=O) groups excluding carboxylic acids is 2. The summed E-state index contributed by atoms with van der Waals surface area (Å²) in [6, 6.07) is -0.271. The van der Waals surface area contributed by atoms with E-state index < -0.39 is 17.4 Å². The van der Waals surface area contributed by atoms with Crippen LogP contribution in [-0.4, -0.2) is 58.0 Å². The summed E-state index contributed by atoms with van der Waals surface area (Å²) in [6.07, 6.45) is 2.92. The third-order valence-electron chi connectivity index (χ3n) is 4.64. The Morgan fingerprint density at radius 3 is 2.57 bits per heavy atom. The van der Waals surface area contributed by atoms with Gasteiger partial charge in [-0.05, 0) is 25.7 Å². The number of likely N-dealkylation sites (tertiary alicyclic amines) is 2. The molecule has 2 rings (SSSR count). The number of rotatable bonds is 4. The minimum Gasteiger partial charge on any atom is -0.479 e. The number of primary amides is 1. The third kappa shape index (κ3) is 2.69. The molecule has 0 bridgehead atoms. The standard InChI is InChI=1S/C14H23N3O4/c1-2-5-14(12(19)20)6-3-7-17(14)13(21)16-8-4-10(9-16)11(15)18/h10H,2-9H2,1H3,(H2,15,18)(H,19,20). The highest BCUT2D eigenvalue weighted by atomic mass is 16.4. The van der Waals surface area contributed by atoms with Gasteiger partial charge in [0, 0.05) is 19.6 Å². The van der Waals surface area contributed by atoms with E-state index in [-0.39, 0.29) is 11.9 Å². The molecule has 0 aliphatic carbocycles. The molecule has 7 heteroatoms. The second kappa shape index (κ2) is 5.91. The second-order valence-electron chi connectivity index (χ2n) is 5.96. The molecule has 0 spiro atoms. The van der Waals surface area contributed by atoms with Crippen LogP contribution in [0.4, 0.5) is 4.79 Å². The molecular formula is C14H23N3O4. The van der Waals surface area contributed by atoms with E-state index in [9.17, 15) is 19.5 Å². The molecular weight excluding hydrogens is 274 g/mol. The number of hydrogen-bond donors (Lipinski definition) is 2. The molecule has 3 amide bonds. The summed E-state index contributed by atoms with van der Waals surface area (Å²) in [5.74, 6) is -1.65. The van der Waals surface area contributed by atoms with Gasteiger partial charge in [-0.1, -0.05) is 13.3 Å². The monoisotopic (exact) mass is 297 g/mol. The zero-order chi connectivity index (χ0) is 15.6. The first-order valence-corrected chi connectivity index (χ1v) is 7.51. The fraction of sp³-hybridized carbons (Fsp3) is 0.786. The van der Waals surface area contributed by atoms with E-state index in [0.29, 0.717) is 51.7 Å². The molecule has 2 heterocycles. The van der Waals surface area contributed by atoms with Crippen molar-refractivity contribution in [1.29, 1.82) is 0 Å². The minimum atomic E-state index is -1.09. The number of amides is 3. The second-order valence-corrected chi connectivity index (χ2v) is 5.96. The Balaban J connectivity index is 2.14. The summed E-state index contributed by atoms with van der Waals surface area (Å²) in [7, 11) is 0. The number of carboxylic acid groups (broad SMARTS) is 1. The van der Waals surface area contributed by atoms with Crippen LogP contribution in [-0.2, 0) is 9.59 Å². The van der Waals surface area contributed by atoms with Gasteiger partial charge in [0.05, 0.1) is 5.92 Å². The Morgan fingerprint density at radius 1 is 1.33 bits per heavy atom. The topological polar surface area (TPSA) is 104 Å². The number of carbonyl (C=O) groups is 3. The third-order valence-corrected chi connectivity index (χ3v) is 4.64. The van der Waals surface area contributed by atoms with Crippen LogP contribution in [0.1, 0.15) is 39.0 Å². The molecule has 2 saturated heterocycles. The molecule has 2 atom stereocenters. The van der Waals surface area contributed by atoms with E-state index in [1.807, 2.05) is 6.92 Å². The Bertz CT molecular complexity index is 454. The lowest BCUT2D eigenvalue weighted by atomic mass is 9.91. The zero-order valence-electron chi connectivity index (χ0n) is 12.4. The number of nitrogens with zero attached hydrogens (tertiary/aromatic N) is 2. The van der Waals surface area contributed by atoms with Gasteiger partial charge in [0.15, 0.2) is 0 Å². The normalized spacial score (nSPS) is 28.9. The fourth-order valence-corrected chi connectivity index (χ4v) is 3.50. The predicted molar refractivity (Wildman–Crippen MR) is 75.5 cm³/mol. The van der Waals surface area contributed by atoms with Gasteiger partial charge < -0.3 is 20.6 Å². The van der Waals surface area contributed by atoms with Crippen molar-refractivity contribution < 1.29 is 19.5 Å². The lowest BCUT2D eigenvalue weighted by Crippen LogP contribution is -2.56. The molecule has 0 aromatic rings. The van der Waals surface area contributed by atoms with Crippen molar-refractivity contribution in [2.75, 3.05) is 19.6 Å². The largest absolute Gasteiger partial charge is 0.479 e. The van der Waals surface area contributed by atoms with Crippen molar-refractivity contribution in [2.45, 2.75) is 44.6 Å². The number of nitrogens with two attached hydrogens (primary N) is 1. The van der Waals surface area contributed by atoms with E-state index >= 15 is 0 Å². The van der Waals surface area contributed by atoms with Crippen LogP contribution < -0.4 is 5.73 Å². The number of aliphatic carboxylic acids is 1. The molecule has 2 aliphatic rings. The maximum Gasteiger partial charge on any atom is 0.329 e. The maximum atomic E-state index is 12.6. The first kappa shape index (κ1) is 15.6. The number of hydrogen-bond acceptors (Lipinski definition) is 3. The highest BCUT2D eigenvalue weighted by Gasteiger charge is 2.50. The van der Waals surface area contributed by atoms with Crippen LogP contribution in [0.15, 0.2) is 0 Å². The molecule has 2 aliphatic heterocycles. The van der Waals surface area contributed by atoms with Crippen LogP contribution in [0.3, 0.4) is 0 Å². The SMILES string of the molecule is CCCC1(C(=O)O)CCCN1C(=O)N1CCC(C(N)=O)C1. The summed E-state index contributed by atoms with van der Waals surface area (Å²) in [5.41, 5.74) is 4.19. The lowest BCUT2D eigenvalue weighted by Gasteiger charge is -2.37. The van der Waals surface area contributed by atoms with Gasteiger partial charge in [-0.15, -0.1) is 0 Å². The summed E-state index contributed by atoms with van der Waals surface area (Å²) >= 11 is 0. The Labute approximate surface area is 124 Å². The van der Waals surface area contributed by atoms with Gasteiger partial charge in [0.2, 0.25) is 5.91 Å². The lowest BCUT2D eigenvalue weighted by molar-refractivity contribution is -0.148. The molecule has 0 radical (unpaired) electrons. The Hall–Kier alpha value is -1.79. The van der Waals surface area contributed by atoms with E-state index in [4.69, 9.17) is 5.73 Å². The van der Waals surface area contributed by atoms with Crippen molar-refractivity contribution >= 4 is 17.9 Å². The van der Waals surface area contributed by atoms with Gasteiger partial charge >= 0.3 is 12.0 Å². The Kier molecular flexibility index (Phi) is 4.39. The quantitative estimate of drug-likeness (QED) is 0.794. The highest BCUT2D eigenvalue weighted by molar-refractivity contribution is 5.87. The van der Waals surface area contributed by atoms with Crippen LogP contribution >= 0.6 is 0 Å². The Morgan fingerprint density at radius 2 is 2.05 bits per heavy atom. The van der Waals surface area contributed by atoms with Crippen LogP contribution in [0, 0.1) is 5.92 Å². The first-order chi connectivity index (χ1) is 9.92.